The van der Waals surface area contributed by atoms with Crippen molar-refractivity contribution in [2.75, 3.05) is 5.32 Å². The maximum atomic E-state index is 12.9. The molecule has 0 spiro atoms. The summed E-state index contributed by atoms with van der Waals surface area (Å²) in [4.78, 5) is 31.4. The van der Waals surface area contributed by atoms with Crippen LogP contribution >= 0.6 is 11.3 Å². The molecule has 0 atom stereocenters. The third-order valence-corrected chi connectivity index (χ3v) is 6.03. The van der Waals surface area contributed by atoms with Crippen molar-refractivity contribution in [3.8, 4) is 0 Å². The number of aromatic amines is 1. The summed E-state index contributed by atoms with van der Waals surface area (Å²) in [7, 11) is 0. The predicted octanol–water partition coefficient (Wildman–Crippen LogP) is 2.84. The number of nitrogens with one attached hydrogen (secondary N) is 2. The smallest absolute Gasteiger partial charge is 0.266 e. The van der Waals surface area contributed by atoms with Crippen LogP contribution in [0.25, 0.3) is 21.1 Å². The minimum Gasteiger partial charge on any atom is -0.319 e. The van der Waals surface area contributed by atoms with Crippen LogP contribution in [0.15, 0.2) is 29.2 Å². The first kappa shape index (κ1) is 15.3. The highest BCUT2D eigenvalue weighted by Crippen LogP contribution is 2.30. The maximum absolute atomic E-state index is 12.9. The molecular weight excluding hydrogens is 350 g/mol. The first-order valence-corrected chi connectivity index (χ1v) is 9.21. The van der Waals surface area contributed by atoms with Crippen LogP contribution < -0.4 is 10.9 Å². The van der Waals surface area contributed by atoms with E-state index in [0.29, 0.717) is 32.9 Å². The molecule has 3 aromatic heterocycles. The third kappa shape index (κ3) is 2.12. The summed E-state index contributed by atoms with van der Waals surface area (Å²) in [6, 6.07) is 5.61. The van der Waals surface area contributed by atoms with Crippen LogP contribution in [-0.4, -0.2) is 25.7 Å². The van der Waals surface area contributed by atoms with E-state index in [9.17, 15) is 9.59 Å². The van der Waals surface area contributed by atoms with Gasteiger partial charge in [-0.1, -0.05) is 12.1 Å². The number of amides is 1. The third-order valence-electron chi connectivity index (χ3n) is 4.84. The molecule has 0 saturated carbocycles. The molecule has 0 aliphatic carbocycles. The molecule has 26 heavy (non-hydrogen) atoms. The minimum atomic E-state index is -0.239. The second-order valence-electron chi connectivity index (χ2n) is 6.42. The number of fused-ring (bicyclic) bond motifs is 3. The fourth-order valence-electron chi connectivity index (χ4n) is 3.54. The highest BCUT2D eigenvalue weighted by atomic mass is 32.1. The Balaban J connectivity index is 1.60. The summed E-state index contributed by atoms with van der Waals surface area (Å²) in [5.41, 5.74) is 2.09. The zero-order valence-corrected chi connectivity index (χ0v) is 14.8. The Morgan fingerprint density at radius 3 is 3.15 bits per heavy atom. The van der Waals surface area contributed by atoms with Crippen molar-refractivity contribution in [1.29, 1.82) is 0 Å². The summed E-state index contributed by atoms with van der Waals surface area (Å²) in [6.45, 7) is 2.52. The van der Waals surface area contributed by atoms with E-state index in [1.807, 2.05) is 25.1 Å². The predicted molar refractivity (Wildman–Crippen MR) is 101 cm³/mol. The number of rotatable bonds is 2. The number of thiophene rings is 1. The van der Waals surface area contributed by atoms with E-state index in [-0.39, 0.29) is 11.5 Å². The average molecular weight is 365 g/mol. The summed E-state index contributed by atoms with van der Waals surface area (Å²) in [6.07, 6.45) is 3.47. The molecule has 4 heterocycles. The fourth-order valence-corrected chi connectivity index (χ4v) is 4.63. The average Bonchev–Trinajstić information content (AvgIpc) is 3.34. The van der Waals surface area contributed by atoms with Crippen molar-refractivity contribution in [2.45, 2.75) is 26.3 Å². The molecule has 0 saturated heterocycles. The van der Waals surface area contributed by atoms with E-state index >= 15 is 0 Å². The molecule has 1 aromatic carbocycles. The standard InChI is InChI=1S/C18H15N5O2S/c1-9-13-17(21-12-6-3-7-23(12)18(13)25)26-15(9)16(24)20-11-5-2-4-10-8-19-22-14(10)11/h2,4-5,8H,3,6-7H2,1H3,(H,19,22)(H,20,24). The molecule has 0 bridgehead atoms. The molecule has 130 valence electrons. The first-order chi connectivity index (χ1) is 12.6. The number of hydrogen-bond acceptors (Lipinski definition) is 5. The number of H-pyrrole nitrogens is 1. The fraction of sp³-hybridized carbons (Fsp3) is 0.222. The SMILES string of the molecule is Cc1c(C(=O)Nc2cccc3cn[nH]c23)sc2nc3n(c(=O)c12)CCC3. The van der Waals surface area contributed by atoms with E-state index in [1.54, 1.807) is 10.8 Å². The van der Waals surface area contributed by atoms with E-state index < -0.39 is 0 Å². The molecule has 0 unspecified atom stereocenters. The van der Waals surface area contributed by atoms with Crippen LogP contribution in [0, 0.1) is 6.92 Å². The molecule has 1 aliphatic rings. The van der Waals surface area contributed by atoms with Crippen molar-refractivity contribution in [1.82, 2.24) is 19.7 Å². The van der Waals surface area contributed by atoms with Crippen molar-refractivity contribution < 1.29 is 4.79 Å². The van der Waals surface area contributed by atoms with Gasteiger partial charge in [0.25, 0.3) is 11.5 Å². The lowest BCUT2D eigenvalue weighted by Crippen LogP contribution is -2.20. The Morgan fingerprint density at radius 2 is 2.27 bits per heavy atom. The lowest BCUT2D eigenvalue weighted by molar-refractivity contribution is 0.103. The number of nitrogens with zero attached hydrogens (tertiary/aromatic N) is 3. The number of anilines is 1. The van der Waals surface area contributed by atoms with Gasteiger partial charge in [0.15, 0.2) is 0 Å². The number of para-hydroxylation sites is 1. The van der Waals surface area contributed by atoms with Gasteiger partial charge in [0, 0.05) is 18.4 Å². The summed E-state index contributed by atoms with van der Waals surface area (Å²) < 4.78 is 1.73. The number of hydrogen-bond donors (Lipinski definition) is 2. The molecule has 7 nitrogen and oxygen atoms in total. The summed E-state index contributed by atoms with van der Waals surface area (Å²) >= 11 is 1.28. The zero-order chi connectivity index (χ0) is 17.8. The van der Waals surface area contributed by atoms with Gasteiger partial charge in [-0.25, -0.2) is 4.98 Å². The highest BCUT2D eigenvalue weighted by molar-refractivity contribution is 7.20. The number of benzene rings is 1. The van der Waals surface area contributed by atoms with Gasteiger partial charge in [-0.15, -0.1) is 11.3 Å². The zero-order valence-electron chi connectivity index (χ0n) is 14.0. The van der Waals surface area contributed by atoms with Gasteiger partial charge in [-0.2, -0.15) is 5.10 Å². The van der Waals surface area contributed by atoms with E-state index in [4.69, 9.17) is 0 Å². The Morgan fingerprint density at radius 1 is 1.38 bits per heavy atom. The van der Waals surface area contributed by atoms with Crippen LogP contribution in [0.1, 0.15) is 27.5 Å². The molecule has 4 aromatic rings. The summed E-state index contributed by atoms with van der Waals surface area (Å²) in [5, 5.41) is 11.3. The topological polar surface area (TPSA) is 92.7 Å². The number of aromatic nitrogens is 4. The van der Waals surface area contributed by atoms with E-state index in [1.165, 1.54) is 11.3 Å². The van der Waals surface area contributed by atoms with E-state index in [2.05, 4.69) is 20.5 Å². The van der Waals surface area contributed by atoms with Gasteiger partial charge >= 0.3 is 0 Å². The van der Waals surface area contributed by atoms with E-state index in [0.717, 1.165) is 29.6 Å². The number of carbonyl (C=O) groups excluding carboxylic acids is 1. The van der Waals surface area contributed by atoms with Gasteiger partial charge in [0.1, 0.15) is 10.7 Å². The monoisotopic (exact) mass is 365 g/mol. The van der Waals surface area contributed by atoms with Crippen LogP contribution in [0.5, 0.6) is 0 Å². The lowest BCUT2D eigenvalue weighted by Gasteiger charge is -2.05. The van der Waals surface area contributed by atoms with Crippen LogP contribution in [0.3, 0.4) is 0 Å². The second kappa shape index (κ2) is 5.50. The Bertz CT molecular complexity index is 1250. The molecule has 5 rings (SSSR count). The van der Waals surface area contributed by atoms with Crippen molar-refractivity contribution >= 4 is 44.1 Å². The van der Waals surface area contributed by atoms with Crippen molar-refractivity contribution in [3.05, 3.63) is 51.0 Å². The number of carbonyl (C=O) groups is 1. The van der Waals surface area contributed by atoms with Gasteiger partial charge in [-0.3, -0.25) is 19.3 Å². The van der Waals surface area contributed by atoms with Gasteiger partial charge < -0.3 is 5.32 Å². The van der Waals surface area contributed by atoms with Gasteiger partial charge in [0.2, 0.25) is 0 Å². The first-order valence-electron chi connectivity index (χ1n) is 8.40. The summed E-state index contributed by atoms with van der Waals surface area (Å²) in [5.74, 6) is 0.579. The Hall–Kier alpha value is -3.00. The molecule has 1 amide bonds. The number of aryl methyl sites for hydroxylation is 2. The highest BCUT2D eigenvalue weighted by Gasteiger charge is 2.23. The molecule has 8 heteroatoms. The largest absolute Gasteiger partial charge is 0.319 e. The molecule has 0 fully saturated rings. The maximum Gasteiger partial charge on any atom is 0.266 e. The van der Waals surface area contributed by atoms with Crippen LogP contribution in [0.2, 0.25) is 0 Å². The minimum absolute atomic E-state index is 0.0361. The van der Waals surface area contributed by atoms with Crippen molar-refractivity contribution in [3.63, 3.8) is 0 Å². The van der Waals surface area contributed by atoms with Crippen LogP contribution in [-0.2, 0) is 13.0 Å². The van der Waals surface area contributed by atoms with Gasteiger partial charge in [0.05, 0.1) is 27.7 Å². The van der Waals surface area contributed by atoms with Crippen LogP contribution in [0.4, 0.5) is 5.69 Å². The normalized spacial score (nSPS) is 13.4. The van der Waals surface area contributed by atoms with Gasteiger partial charge in [-0.05, 0) is 25.0 Å². The second-order valence-corrected chi connectivity index (χ2v) is 7.42. The quantitative estimate of drug-likeness (QED) is 0.571. The Labute approximate surface area is 151 Å². The molecular formula is C18H15N5O2S. The lowest BCUT2D eigenvalue weighted by atomic mass is 10.2. The molecule has 1 aliphatic heterocycles. The Kier molecular flexibility index (Phi) is 3.23. The van der Waals surface area contributed by atoms with Crippen molar-refractivity contribution in [2.24, 2.45) is 0 Å². The molecule has 0 radical (unpaired) electrons. The molecule has 2 N–H and O–H groups in total.